The highest BCUT2D eigenvalue weighted by molar-refractivity contribution is 5.39. The largest absolute Gasteiger partial charge is 0.388 e. The van der Waals surface area contributed by atoms with Gasteiger partial charge in [-0.1, -0.05) is 25.1 Å². The van der Waals surface area contributed by atoms with Crippen molar-refractivity contribution < 1.29 is 5.11 Å². The standard InChI is InChI=1S/C12H16O/c1-8-4-3-5-10-11(13)7-6-9(2)12(8)10/h3-5,9,11,13H,6-7H2,1-2H3. The predicted molar refractivity (Wildman–Crippen MR) is 53.8 cm³/mol. The van der Waals surface area contributed by atoms with E-state index in [1.807, 2.05) is 6.07 Å². The summed E-state index contributed by atoms with van der Waals surface area (Å²) in [6, 6.07) is 6.23. The third-order valence-electron chi connectivity index (χ3n) is 3.08. The van der Waals surface area contributed by atoms with Crippen molar-refractivity contribution in [2.24, 2.45) is 0 Å². The first kappa shape index (κ1) is 8.76. The lowest BCUT2D eigenvalue weighted by Crippen LogP contribution is -2.13. The summed E-state index contributed by atoms with van der Waals surface area (Å²) >= 11 is 0. The van der Waals surface area contributed by atoms with Gasteiger partial charge in [0.25, 0.3) is 0 Å². The van der Waals surface area contributed by atoms with Crippen LogP contribution in [0.5, 0.6) is 0 Å². The van der Waals surface area contributed by atoms with E-state index < -0.39 is 0 Å². The number of hydrogen-bond donors (Lipinski definition) is 1. The van der Waals surface area contributed by atoms with Crippen molar-refractivity contribution in [3.05, 3.63) is 34.9 Å². The van der Waals surface area contributed by atoms with E-state index in [9.17, 15) is 5.11 Å². The molecule has 2 unspecified atom stereocenters. The normalized spacial score (nSPS) is 27.0. The molecule has 0 heterocycles. The zero-order valence-corrected chi connectivity index (χ0v) is 8.25. The Bertz CT molecular complexity index is 317. The Labute approximate surface area is 79.4 Å². The molecule has 13 heavy (non-hydrogen) atoms. The summed E-state index contributed by atoms with van der Waals surface area (Å²) < 4.78 is 0. The molecule has 2 atom stereocenters. The molecule has 70 valence electrons. The minimum absolute atomic E-state index is 0.230. The Morgan fingerprint density at radius 1 is 1.31 bits per heavy atom. The number of aliphatic hydroxyl groups is 1. The van der Waals surface area contributed by atoms with Gasteiger partial charge in [-0.2, -0.15) is 0 Å². The van der Waals surface area contributed by atoms with Gasteiger partial charge in [-0.25, -0.2) is 0 Å². The average molecular weight is 176 g/mol. The van der Waals surface area contributed by atoms with Crippen LogP contribution >= 0.6 is 0 Å². The summed E-state index contributed by atoms with van der Waals surface area (Å²) in [5, 5.41) is 9.80. The summed E-state index contributed by atoms with van der Waals surface area (Å²) in [5.41, 5.74) is 3.85. The van der Waals surface area contributed by atoms with Crippen molar-refractivity contribution >= 4 is 0 Å². The smallest absolute Gasteiger partial charge is 0.0793 e. The Morgan fingerprint density at radius 2 is 2.08 bits per heavy atom. The Balaban J connectivity index is 2.56. The van der Waals surface area contributed by atoms with E-state index >= 15 is 0 Å². The fraction of sp³-hybridized carbons (Fsp3) is 0.500. The summed E-state index contributed by atoms with van der Waals surface area (Å²) in [5.74, 6) is 0.611. The molecule has 1 heteroatoms. The molecule has 1 aromatic carbocycles. The maximum atomic E-state index is 9.80. The molecule has 1 aliphatic carbocycles. The molecule has 0 saturated heterocycles. The number of benzene rings is 1. The molecule has 0 radical (unpaired) electrons. The molecule has 0 bridgehead atoms. The number of fused-ring (bicyclic) bond motifs is 1. The fourth-order valence-corrected chi connectivity index (χ4v) is 2.37. The summed E-state index contributed by atoms with van der Waals surface area (Å²) in [6.45, 7) is 4.38. The molecule has 0 saturated carbocycles. The molecule has 0 fully saturated rings. The lowest BCUT2D eigenvalue weighted by molar-refractivity contribution is 0.151. The molecule has 1 aromatic rings. The maximum Gasteiger partial charge on any atom is 0.0793 e. The molecule has 0 aromatic heterocycles. The lowest BCUT2D eigenvalue weighted by atomic mass is 9.80. The summed E-state index contributed by atoms with van der Waals surface area (Å²) in [6.07, 6.45) is 1.79. The van der Waals surface area contributed by atoms with Crippen LogP contribution in [-0.4, -0.2) is 5.11 Å². The van der Waals surface area contributed by atoms with Gasteiger partial charge in [0.1, 0.15) is 0 Å². The van der Waals surface area contributed by atoms with Crippen LogP contribution in [-0.2, 0) is 0 Å². The maximum absolute atomic E-state index is 9.80. The molecule has 0 aliphatic heterocycles. The molecular formula is C12H16O. The van der Waals surface area contributed by atoms with Crippen LogP contribution in [0.3, 0.4) is 0 Å². The quantitative estimate of drug-likeness (QED) is 0.644. The van der Waals surface area contributed by atoms with E-state index in [0.29, 0.717) is 5.92 Å². The van der Waals surface area contributed by atoms with E-state index in [-0.39, 0.29) is 6.10 Å². The molecule has 1 aliphatic rings. The van der Waals surface area contributed by atoms with E-state index in [2.05, 4.69) is 26.0 Å². The van der Waals surface area contributed by atoms with Crippen molar-refractivity contribution in [3.8, 4) is 0 Å². The first-order valence-corrected chi connectivity index (χ1v) is 4.97. The summed E-state index contributed by atoms with van der Waals surface area (Å²) in [7, 11) is 0. The lowest BCUT2D eigenvalue weighted by Gasteiger charge is -2.28. The van der Waals surface area contributed by atoms with Gasteiger partial charge in [0.05, 0.1) is 6.10 Å². The molecule has 0 spiro atoms. The van der Waals surface area contributed by atoms with Crippen LogP contribution in [0.25, 0.3) is 0 Å². The topological polar surface area (TPSA) is 20.2 Å². The highest BCUT2D eigenvalue weighted by atomic mass is 16.3. The predicted octanol–water partition coefficient (Wildman–Crippen LogP) is 2.93. The molecular weight excluding hydrogens is 160 g/mol. The van der Waals surface area contributed by atoms with Crippen LogP contribution in [0.4, 0.5) is 0 Å². The van der Waals surface area contributed by atoms with Crippen LogP contribution in [0, 0.1) is 6.92 Å². The second-order valence-corrected chi connectivity index (χ2v) is 4.07. The highest BCUT2D eigenvalue weighted by Crippen LogP contribution is 2.38. The van der Waals surface area contributed by atoms with Crippen molar-refractivity contribution in [1.82, 2.24) is 0 Å². The monoisotopic (exact) mass is 176 g/mol. The van der Waals surface area contributed by atoms with Gasteiger partial charge < -0.3 is 5.11 Å². The first-order chi connectivity index (χ1) is 6.20. The zero-order chi connectivity index (χ0) is 9.42. The van der Waals surface area contributed by atoms with Gasteiger partial charge in [0.15, 0.2) is 0 Å². The van der Waals surface area contributed by atoms with Crippen molar-refractivity contribution in [2.45, 2.75) is 38.7 Å². The van der Waals surface area contributed by atoms with Crippen molar-refractivity contribution in [2.75, 3.05) is 0 Å². The Morgan fingerprint density at radius 3 is 2.77 bits per heavy atom. The van der Waals surface area contributed by atoms with E-state index in [1.165, 1.54) is 11.1 Å². The van der Waals surface area contributed by atoms with Crippen molar-refractivity contribution in [3.63, 3.8) is 0 Å². The van der Waals surface area contributed by atoms with Gasteiger partial charge in [-0.15, -0.1) is 0 Å². The van der Waals surface area contributed by atoms with Crippen LogP contribution in [0.1, 0.15) is 48.5 Å². The van der Waals surface area contributed by atoms with Gasteiger partial charge in [0, 0.05) is 0 Å². The number of aryl methyl sites for hydroxylation is 1. The first-order valence-electron chi connectivity index (χ1n) is 4.97. The zero-order valence-electron chi connectivity index (χ0n) is 8.25. The van der Waals surface area contributed by atoms with Gasteiger partial charge in [0.2, 0.25) is 0 Å². The highest BCUT2D eigenvalue weighted by Gasteiger charge is 2.23. The number of rotatable bonds is 0. The van der Waals surface area contributed by atoms with E-state index in [0.717, 1.165) is 18.4 Å². The third kappa shape index (κ3) is 1.37. The summed E-state index contributed by atoms with van der Waals surface area (Å²) in [4.78, 5) is 0. The molecule has 1 N–H and O–H groups in total. The second-order valence-electron chi connectivity index (χ2n) is 4.07. The Hall–Kier alpha value is -0.820. The van der Waals surface area contributed by atoms with Crippen molar-refractivity contribution in [1.29, 1.82) is 0 Å². The van der Waals surface area contributed by atoms with Gasteiger partial charge in [-0.05, 0) is 42.4 Å². The molecule has 2 rings (SSSR count). The van der Waals surface area contributed by atoms with Gasteiger partial charge >= 0.3 is 0 Å². The van der Waals surface area contributed by atoms with Gasteiger partial charge in [-0.3, -0.25) is 0 Å². The van der Waals surface area contributed by atoms with Crippen LogP contribution < -0.4 is 0 Å². The molecule has 0 amide bonds. The Kier molecular flexibility index (Phi) is 2.12. The minimum Gasteiger partial charge on any atom is -0.388 e. The van der Waals surface area contributed by atoms with E-state index in [4.69, 9.17) is 0 Å². The van der Waals surface area contributed by atoms with E-state index in [1.54, 1.807) is 0 Å². The number of aliphatic hydroxyl groups excluding tert-OH is 1. The SMILES string of the molecule is Cc1cccc2c1C(C)CCC2O. The average Bonchev–Trinajstić information content (AvgIpc) is 2.12. The fourth-order valence-electron chi connectivity index (χ4n) is 2.37. The minimum atomic E-state index is -0.230. The second kappa shape index (κ2) is 3.15. The molecule has 1 nitrogen and oxygen atoms in total. The van der Waals surface area contributed by atoms with Crippen LogP contribution in [0.15, 0.2) is 18.2 Å². The third-order valence-corrected chi connectivity index (χ3v) is 3.08. The number of hydrogen-bond acceptors (Lipinski definition) is 1. The van der Waals surface area contributed by atoms with Crippen LogP contribution in [0.2, 0.25) is 0 Å².